The van der Waals surface area contributed by atoms with Gasteiger partial charge in [0.05, 0.1) is 26.5 Å². The van der Waals surface area contributed by atoms with Crippen molar-refractivity contribution < 1.29 is 19.1 Å². The van der Waals surface area contributed by atoms with Crippen LogP contribution >= 0.6 is 0 Å². The molecule has 1 aromatic carbocycles. The van der Waals surface area contributed by atoms with Gasteiger partial charge in [0.15, 0.2) is 11.5 Å². The van der Waals surface area contributed by atoms with E-state index in [9.17, 15) is 9.59 Å². The highest BCUT2D eigenvalue weighted by molar-refractivity contribution is 6.00. The van der Waals surface area contributed by atoms with Gasteiger partial charge in [-0.05, 0) is 56.4 Å². The van der Waals surface area contributed by atoms with E-state index in [4.69, 9.17) is 14.6 Å². The molecule has 1 fully saturated rings. The lowest BCUT2D eigenvalue weighted by molar-refractivity contribution is -0.134. The number of carbonyl (C=O) groups is 2. The van der Waals surface area contributed by atoms with Crippen LogP contribution in [0.1, 0.15) is 69.8 Å². The lowest BCUT2D eigenvalue weighted by Crippen LogP contribution is -2.65. The smallest absolute Gasteiger partial charge is 0.273 e. The number of amides is 2. The molecule has 1 aromatic heterocycles. The molecular formula is C27H38N4O4. The van der Waals surface area contributed by atoms with E-state index in [1.54, 1.807) is 23.8 Å². The summed E-state index contributed by atoms with van der Waals surface area (Å²) in [5.41, 5.74) is 0.980. The Morgan fingerprint density at radius 1 is 1.14 bits per heavy atom. The first-order valence-corrected chi connectivity index (χ1v) is 12.7. The number of ether oxygens (including phenoxy) is 2. The van der Waals surface area contributed by atoms with Crippen molar-refractivity contribution in [2.24, 2.45) is 5.92 Å². The van der Waals surface area contributed by atoms with Gasteiger partial charge in [0.2, 0.25) is 5.91 Å². The van der Waals surface area contributed by atoms with E-state index < -0.39 is 5.54 Å². The van der Waals surface area contributed by atoms with Crippen LogP contribution < -0.4 is 14.8 Å². The number of fused-ring (bicyclic) bond motifs is 1. The molecule has 8 heteroatoms. The fourth-order valence-corrected chi connectivity index (χ4v) is 5.10. The number of rotatable bonds is 8. The van der Waals surface area contributed by atoms with Crippen LogP contribution in [0.25, 0.3) is 11.3 Å². The second kappa shape index (κ2) is 10.3. The van der Waals surface area contributed by atoms with E-state index in [-0.39, 0.29) is 17.9 Å². The lowest BCUT2D eigenvalue weighted by atomic mass is 9.91. The quantitative estimate of drug-likeness (QED) is 0.607. The van der Waals surface area contributed by atoms with Gasteiger partial charge in [-0.1, -0.05) is 33.1 Å². The number of aromatic nitrogens is 2. The van der Waals surface area contributed by atoms with E-state index in [0.717, 1.165) is 37.7 Å². The van der Waals surface area contributed by atoms with Crippen molar-refractivity contribution in [1.82, 2.24) is 20.0 Å². The Morgan fingerprint density at radius 3 is 2.51 bits per heavy atom. The van der Waals surface area contributed by atoms with Crippen LogP contribution in [0.2, 0.25) is 0 Å². The zero-order valence-electron chi connectivity index (χ0n) is 21.6. The largest absolute Gasteiger partial charge is 0.493 e. The SMILES string of the molecule is COc1ccc(-c2cc3n(n2)CC(C)(C(=O)NC2CCCCC2)N(CCC(C)C)C3=O)cc1OC. The minimum Gasteiger partial charge on any atom is -0.493 e. The van der Waals surface area contributed by atoms with Crippen molar-refractivity contribution in [1.29, 1.82) is 0 Å². The molecule has 0 spiro atoms. The van der Waals surface area contributed by atoms with Crippen molar-refractivity contribution in [3.63, 3.8) is 0 Å². The number of carbonyl (C=O) groups excluding carboxylic acids is 2. The first kappa shape index (κ1) is 25.1. The van der Waals surface area contributed by atoms with Gasteiger partial charge >= 0.3 is 0 Å². The summed E-state index contributed by atoms with van der Waals surface area (Å²) in [6.45, 7) is 6.99. The molecule has 8 nitrogen and oxygen atoms in total. The summed E-state index contributed by atoms with van der Waals surface area (Å²) >= 11 is 0. The Bertz CT molecular complexity index is 1070. The molecule has 2 heterocycles. The number of nitrogens with one attached hydrogen (secondary N) is 1. The summed E-state index contributed by atoms with van der Waals surface area (Å²) in [6, 6.07) is 7.56. The van der Waals surface area contributed by atoms with Crippen molar-refractivity contribution in [2.45, 2.75) is 77.4 Å². The van der Waals surface area contributed by atoms with E-state index >= 15 is 0 Å². The van der Waals surface area contributed by atoms with Crippen LogP contribution in [0.3, 0.4) is 0 Å². The van der Waals surface area contributed by atoms with Gasteiger partial charge < -0.3 is 19.7 Å². The second-order valence-electron chi connectivity index (χ2n) is 10.4. The molecular weight excluding hydrogens is 444 g/mol. The molecule has 1 saturated carbocycles. The molecule has 0 bridgehead atoms. The fourth-order valence-electron chi connectivity index (χ4n) is 5.10. The topological polar surface area (TPSA) is 85.7 Å². The third-order valence-electron chi connectivity index (χ3n) is 7.34. The Kier molecular flexibility index (Phi) is 7.38. The molecule has 0 saturated heterocycles. The molecule has 2 aliphatic rings. The zero-order valence-corrected chi connectivity index (χ0v) is 21.6. The highest BCUT2D eigenvalue weighted by Gasteiger charge is 2.48. The zero-order chi connectivity index (χ0) is 25.2. The highest BCUT2D eigenvalue weighted by Crippen LogP contribution is 2.35. The van der Waals surface area contributed by atoms with Gasteiger partial charge in [0.25, 0.3) is 5.91 Å². The van der Waals surface area contributed by atoms with Crippen LogP contribution in [-0.4, -0.2) is 58.8 Å². The predicted octanol–water partition coefficient (Wildman–Crippen LogP) is 4.28. The normalized spacial score (nSPS) is 20.6. The minimum absolute atomic E-state index is 0.0877. The number of benzene rings is 1. The van der Waals surface area contributed by atoms with Gasteiger partial charge in [-0.2, -0.15) is 5.10 Å². The van der Waals surface area contributed by atoms with Crippen LogP contribution in [0, 0.1) is 5.92 Å². The molecule has 35 heavy (non-hydrogen) atoms. The van der Waals surface area contributed by atoms with Gasteiger partial charge in [-0.25, -0.2) is 0 Å². The third kappa shape index (κ3) is 5.02. The molecule has 1 unspecified atom stereocenters. The van der Waals surface area contributed by atoms with E-state index in [1.807, 2.05) is 31.2 Å². The summed E-state index contributed by atoms with van der Waals surface area (Å²) in [5.74, 6) is 1.40. The molecule has 190 valence electrons. The first-order chi connectivity index (χ1) is 16.8. The van der Waals surface area contributed by atoms with Crippen LogP contribution in [0.15, 0.2) is 24.3 Å². The standard InChI is InChI=1S/C27H38N4O4/c1-18(2)13-14-30-25(32)22-16-21(19-11-12-23(34-4)24(15-19)35-5)29-31(22)17-27(30,3)26(33)28-20-9-7-6-8-10-20/h11-12,15-16,18,20H,6-10,13-14,17H2,1-5H3,(H,28,33). The molecule has 0 radical (unpaired) electrons. The van der Waals surface area contributed by atoms with Crippen LogP contribution in [-0.2, 0) is 11.3 Å². The average Bonchev–Trinajstić information content (AvgIpc) is 3.27. The Morgan fingerprint density at radius 2 is 1.86 bits per heavy atom. The van der Waals surface area contributed by atoms with Gasteiger partial charge in [-0.15, -0.1) is 0 Å². The van der Waals surface area contributed by atoms with Crippen molar-refractivity contribution in [3.8, 4) is 22.8 Å². The number of methoxy groups -OCH3 is 2. The van der Waals surface area contributed by atoms with E-state index in [0.29, 0.717) is 41.9 Å². The Labute approximate surface area is 208 Å². The summed E-state index contributed by atoms with van der Waals surface area (Å²) in [7, 11) is 3.18. The maximum Gasteiger partial charge on any atom is 0.273 e. The maximum absolute atomic E-state index is 13.8. The summed E-state index contributed by atoms with van der Waals surface area (Å²) < 4.78 is 12.5. The Hall–Kier alpha value is -3.03. The average molecular weight is 483 g/mol. The fraction of sp³-hybridized carbons (Fsp3) is 0.593. The van der Waals surface area contributed by atoms with Gasteiger partial charge in [0.1, 0.15) is 11.2 Å². The van der Waals surface area contributed by atoms with E-state index in [1.165, 1.54) is 6.42 Å². The van der Waals surface area contributed by atoms with Gasteiger partial charge in [-0.3, -0.25) is 14.3 Å². The van der Waals surface area contributed by atoms with Crippen LogP contribution in [0.4, 0.5) is 0 Å². The number of hydrogen-bond acceptors (Lipinski definition) is 5. The second-order valence-corrected chi connectivity index (χ2v) is 10.4. The van der Waals surface area contributed by atoms with Crippen molar-refractivity contribution in [3.05, 3.63) is 30.0 Å². The summed E-state index contributed by atoms with van der Waals surface area (Å²) in [5, 5.41) is 8.01. The van der Waals surface area contributed by atoms with Crippen LogP contribution in [0.5, 0.6) is 11.5 Å². The molecule has 4 rings (SSSR count). The predicted molar refractivity (Wildman–Crippen MR) is 135 cm³/mol. The van der Waals surface area contributed by atoms with Crippen molar-refractivity contribution >= 4 is 11.8 Å². The third-order valence-corrected chi connectivity index (χ3v) is 7.34. The molecule has 2 aromatic rings. The van der Waals surface area contributed by atoms with E-state index in [2.05, 4.69) is 19.2 Å². The Balaban J connectivity index is 1.67. The molecule has 2 amide bonds. The minimum atomic E-state index is -1.00. The molecule has 1 atom stereocenters. The number of hydrogen-bond donors (Lipinski definition) is 1. The summed E-state index contributed by atoms with van der Waals surface area (Å²) in [4.78, 5) is 29.2. The highest BCUT2D eigenvalue weighted by atomic mass is 16.5. The molecule has 1 aliphatic heterocycles. The first-order valence-electron chi connectivity index (χ1n) is 12.7. The monoisotopic (exact) mass is 482 g/mol. The number of nitrogens with zero attached hydrogens (tertiary/aromatic N) is 3. The summed E-state index contributed by atoms with van der Waals surface area (Å²) in [6.07, 6.45) is 6.31. The maximum atomic E-state index is 13.8. The lowest BCUT2D eigenvalue weighted by Gasteiger charge is -2.44. The molecule has 1 aliphatic carbocycles. The molecule has 1 N–H and O–H groups in total. The van der Waals surface area contributed by atoms with Gasteiger partial charge in [0, 0.05) is 18.2 Å². The van der Waals surface area contributed by atoms with Crippen molar-refractivity contribution in [2.75, 3.05) is 20.8 Å².